The number of nitrogens with zero attached hydrogens (tertiary/aromatic N) is 1. The number of carbonyl (C=O) groups is 2. The molecule has 0 aromatic carbocycles. The fourth-order valence-corrected chi connectivity index (χ4v) is 3.37. The third kappa shape index (κ3) is 6.97. The maximum absolute atomic E-state index is 11.8. The molecule has 19 heavy (non-hydrogen) atoms. The van der Waals surface area contributed by atoms with Crippen LogP contribution in [0.2, 0.25) is 0 Å². The van der Waals surface area contributed by atoms with Gasteiger partial charge in [-0.2, -0.15) is 0 Å². The van der Waals surface area contributed by atoms with Gasteiger partial charge in [-0.05, 0) is 19.4 Å². The molecule has 0 aromatic rings. The van der Waals surface area contributed by atoms with Crippen LogP contribution < -0.4 is 5.73 Å². The quantitative estimate of drug-likeness (QED) is 0.660. The van der Waals surface area contributed by atoms with Crippen molar-refractivity contribution in [1.82, 2.24) is 4.90 Å². The van der Waals surface area contributed by atoms with Crippen LogP contribution in [0.4, 0.5) is 0 Å². The van der Waals surface area contributed by atoms with Crippen molar-refractivity contribution in [2.24, 2.45) is 5.73 Å². The average molecular weight is 286 g/mol. The number of nitrogens with two attached hydrogens (primary N) is 1. The second-order valence-electron chi connectivity index (χ2n) is 5.19. The number of thioether (sulfide) groups is 1. The molecule has 0 bridgehead atoms. The second kappa shape index (κ2) is 9.37. The van der Waals surface area contributed by atoms with Gasteiger partial charge in [-0.25, -0.2) is 0 Å². The maximum Gasteiger partial charge on any atom is 0.223 e. The highest BCUT2D eigenvalue weighted by Gasteiger charge is 2.30. The Morgan fingerprint density at radius 1 is 1.26 bits per heavy atom. The molecule has 4 nitrogen and oxygen atoms in total. The van der Waals surface area contributed by atoms with Gasteiger partial charge in [-0.15, -0.1) is 0 Å². The number of hydrogen-bond donors (Lipinski definition) is 1. The average Bonchev–Trinajstić information content (AvgIpc) is 2.67. The molecule has 0 saturated carbocycles. The highest BCUT2D eigenvalue weighted by molar-refractivity contribution is 8.14. The van der Waals surface area contributed by atoms with Crippen molar-refractivity contribution < 1.29 is 9.59 Å². The number of unbranched alkanes of at least 4 members (excludes halogenated alkanes) is 5. The van der Waals surface area contributed by atoms with Crippen molar-refractivity contribution >= 4 is 22.8 Å². The SMILES string of the molecule is CC(=O)SC1CC(=O)N(CCCCCCCCN)C1. The lowest BCUT2D eigenvalue weighted by atomic mass is 10.1. The monoisotopic (exact) mass is 286 g/mol. The molecule has 1 amide bonds. The van der Waals surface area contributed by atoms with Crippen LogP contribution in [0.15, 0.2) is 0 Å². The first-order chi connectivity index (χ1) is 9.13. The molecule has 0 aliphatic carbocycles. The molecule has 1 fully saturated rings. The van der Waals surface area contributed by atoms with Crippen molar-refractivity contribution in [1.29, 1.82) is 0 Å². The molecule has 5 heteroatoms. The zero-order valence-corrected chi connectivity index (χ0v) is 12.7. The van der Waals surface area contributed by atoms with Crippen LogP contribution in [-0.4, -0.2) is 40.8 Å². The predicted octanol–water partition coefficient (Wildman–Crippen LogP) is 2.17. The van der Waals surface area contributed by atoms with E-state index in [2.05, 4.69) is 0 Å². The Morgan fingerprint density at radius 2 is 1.89 bits per heavy atom. The summed E-state index contributed by atoms with van der Waals surface area (Å²) in [7, 11) is 0. The molecule has 1 aliphatic heterocycles. The van der Waals surface area contributed by atoms with E-state index in [-0.39, 0.29) is 16.3 Å². The van der Waals surface area contributed by atoms with Crippen molar-refractivity contribution in [2.75, 3.05) is 19.6 Å². The van der Waals surface area contributed by atoms with E-state index < -0.39 is 0 Å². The van der Waals surface area contributed by atoms with Crippen molar-refractivity contribution in [3.63, 3.8) is 0 Å². The van der Waals surface area contributed by atoms with Crippen molar-refractivity contribution in [2.45, 2.75) is 57.1 Å². The summed E-state index contributed by atoms with van der Waals surface area (Å²) >= 11 is 1.31. The molecule has 1 heterocycles. The number of likely N-dealkylation sites (tertiary alicyclic amines) is 1. The third-order valence-electron chi connectivity index (χ3n) is 3.39. The van der Waals surface area contributed by atoms with Gasteiger partial charge in [0.05, 0.1) is 0 Å². The smallest absolute Gasteiger partial charge is 0.223 e. The molecule has 0 spiro atoms. The first-order valence-electron chi connectivity index (χ1n) is 7.28. The molecule has 2 N–H and O–H groups in total. The lowest BCUT2D eigenvalue weighted by Gasteiger charge is -2.16. The summed E-state index contributed by atoms with van der Waals surface area (Å²) < 4.78 is 0. The van der Waals surface area contributed by atoms with Crippen LogP contribution in [0, 0.1) is 0 Å². The molecule has 1 aliphatic rings. The van der Waals surface area contributed by atoms with Gasteiger partial charge in [0.2, 0.25) is 5.91 Å². The molecule has 1 rings (SSSR count). The Balaban J connectivity index is 2.06. The molecular weight excluding hydrogens is 260 g/mol. The zero-order valence-electron chi connectivity index (χ0n) is 11.9. The van der Waals surface area contributed by atoms with Gasteiger partial charge in [0, 0.05) is 31.7 Å². The lowest BCUT2D eigenvalue weighted by Crippen LogP contribution is -2.26. The van der Waals surface area contributed by atoms with Crippen LogP contribution in [0.1, 0.15) is 51.9 Å². The van der Waals surface area contributed by atoms with E-state index in [1.54, 1.807) is 6.92 Å². The number of amides is 1. The minimum absolute atomic E-state index is 0.111. The topological polar surface area (TPSA) is 63.4 Å². The Labute approximate surface area is 120 Å². The van der Waals surface area contributed by atoms with Crippen molar-refractivity contribution in [3.8, 4) is 0 Å². The number of rotatable bonds is 9. The summed E-state index contributed by atoms with van der Waals surface area (Å²) in [4.78, 5) is 24.7. The van der Waals surface area contributed by atoms with Crippen LogP contribution in [0.25, 0.3) is 0 Å². The largest absolute Gasteiger partial charge is 0.342 e. The summed E-state index contributed by atoms with van der Waals surface area (Å²) in [6.07, 6.45) is 7.60. The first-order valence-corrected chi connectivity index (χ1v) is 8.16. The predicted molar refractivity (Wildman–Crippen MR) is 80.0 cm³/mol. The van der Waals surface area contributed by atoms with Crippen LogP contribution in [0.5, 0.6) is 0 Å². The Morgan fingerprint density at radius 3 is 2.53 bits per heavy atom. The standard InChI is InChI=1S/C14H26N2O2S/c1-12(17)19-13-10-14(18)16(11-13)9-7-5-3-2-4-6-8-15/h13H,2-11,15H2,1H3. The van der Waals surface area contributed by atoms with Crippen LogP contribution >= 0.6 is 11.8 Å². The normalized spacial score (nSPS) is 19.2. The molecular formula is C14H26N2O2S. The molecule has 1 atom stereocenters. The highest BCUT2D eigenvalue weighted by atomic mass is 32.2. The van der Waals surface area contributed by atoms with E-state index in [4.69, 9.17) is 5.73 Å². The fraction of sp³-hybridized carbons (Fsp3) is 0.857. The Bertz CT molecular complexity index is 297. The fourth-order valence-electron chi connectivity index (χ4n) is 2.42. The molecule has 110 valence electrons. The maximum atomic E-state index is 11.8. The highest BCUT2D eigenvalue weighted by Crippen LogP contribution is 2.24. The van der Waals surface area contributed by atoms with E-state index >= 15 is 0 Å². The van der Waals surface area contributed by atoms with Gasteiger partial charge in [-0.1, -0.05) is 37.4 Å². The first kappa shape index (κ1) is 16.5. The Kier molecular flexibility index (Phi) is 8.14. The van der Waals surface area contributed by atoms with E-state index in [1.807, 2.05) is 4.90 Å². The van der Waals surface area contributed by atoms with Gasteiger partial charge in [-0.3, -0.25) is 9.59 Å². The van der Waals surface area contributed by atoms with Gasteiger partial charge >= 0.3 is 0 Å². The molecule has 1 saturated heterocycles. The summed E-state index contributed by atoms with van der Waals surface area (Å²) in [6.45, 7) is 3.96. The summed E-state index contributed by atoms with van der Waals surface area (Å²) in [5.74, 6) is 0.210. The summed E-state index contributed by atoms with van der Waals surface area (Å²) in [6, 6.07) is 0. The minimum Gasteiger partial charge on any atom is -0.342 e. The Hall–Kier alpha value is -0.550. The van der Waals surface area contributed by atoms with Gasteiger partial charge in [0.15, 0.2) is 5.12 Å². The van der Waals surface area contributed by atoms with Gasteiger partial charge in [0.1, 0.15) is 0 Å². The van der Waals surface area contributed by atoms with E-state index in [0.717, 1.165) is 32.5 Å². The number of carbonyl (C=O) groups excluding carboxylic acids is 2. The molecule has 0 radical (unpaired) electrons. The summed E-state index contributed by atoms with van der Waals surface area (Å²) in [5.41, 5.74) is 5.44. The van der Waals surface area contributed by atoms with Crippen LogP contribution in [0.3, 0.4) is 0 Å². The second-order valence-corrected chi connectivity index (χ2v) is 6.66. The van der Waals surface area contributed by atoms with Gasteiger partial charge < -0.3 is 10.6 Å². The van der Waals surface area contributed by atoms with Gasteiger partial charge in [0.25, 0.3) is 0 Å². The molecule has 1 unspecified atom stereocenters. The van der Waals surface area contributed by atoms with Crippen molar-refractivity contribution in [3.05, 3.63) is 0 Å². The third-order valence-corrected chi connectivity index (χ3v) is 4.37. The van der Waals surface area contributed by atoms with E-state index in [9.17, 15) is 9.59 Å². The number of hydrogen-bond acceptors (Lipinski definition) is 4. The van der Waals surface area contributed by atoms with Crippen LogP contribution in [-0.2, 0) is 9.59 Å². The van der Waals surface area contributed by atoms with E-state index in [0.29, 0.717) is 6.42 Å². The van der Waals surface area contributed by atoms with E-state index in [1.165, 1.54) is 37.4 Å². The summed E-state index contributed by atoms with van der Waals surface area (Å²) in [5, 5.41) is 0.286. The zero-order chi connectivity index (χ0) is 14.1. The molecule has 0 aromatic heterocycles. The minimum atomic E-state index is 0.111. The lowest BCUT2D eigenvalue weighted by molar-refractivity contribution is -0.127.